The molecule has 1 aromatic heterocycles. The first-order valence-electron chi connectivity index (χ1n) is 5.31. The van der Waals surface area contributed by atoms with E-state index >= 15 is 0 Å². The van der Waals surface area contributed by atoms with Crippen LogP contribution < -0.4 is 10.4 Å². The van der Waals surface area contributed by atoms with Crippen molar-refractivity contribution in [1.82, 2.24) is 0 Å². The molecule has 0 unspecified atom stereocenters. The van der Waals surface area contributed by atoms with Crippen molar-refractivity contribution < 1.29 is 23.5 Å². The summed E-state index contributed by atoms with van der Waals surface area (Å²) in [5.41, 5.74) is -0.980. The van der Waals surface area contributed by atoms with Gasteiger partial charge in [0.15, 0.2) is 0 Å². The highest BCUT2D eigenvalue weighted by Crippen LogP contribution is 2.20. The van der Waals surface area contributed by atoms with Crippen LogP contribution in [-0.2, 0) is 9.53 Å². The first-order valence-corrected chi connectivity index (χ1v) is 5.31. The predicted molar refractivity (Wildman–Crippen MR) is 65.4 cm³/mol. The summed E-state index contributed by atoms with van der Waals surface area (Å²) >= 11 is 0. The lowest BCUT2D eigenvalue weighted by Gasteiger charge is -2.03. The molecule has 2 aromatic rings. The van der Waals surface area contributed by atoms with Crippen LogP contribution in [0.2, 0.25) is 0 Å². The van der Waals surface area contributed by atoms with E-state index in [1.165, 1.54) is 19.2 Å². The van der Waals surface area contributed by atoms with Crippen LogP contribution >= 0.6 is 0 Å². The first-order chi connectivity index (χ1) is 9.06. The summed E-state index contributed by atoms with van der Waals surface area (Å²) in [6.07, 6.45) is 0. The van der Waals surface area contributed by atoms with Gasteiger partial charge in [-0.2, -0.15) is 0 Å². The second-order valence-corrected chi connectivity index (χ2v) is 3.67. The van der Waals surface area contributed by atoms with Gasteiger partial charge in [-0.15, -0.1) is 0 Å². The SMILES string of the molecule is COC(=O)C(=O)c1cc2ccc(OC)cc2oc1=O. The monoisotopic (exact) mass is 262 g/mol. The van der Waals surface area contributed by atoms with E-state index < -0.39 is 17.4 Å². The summed E-state index contributed by atoms with van der Waals surface area (Å²) in [7, 11) is 2.54. The summed E-state index contributed by atoms with van der Waals surface area (Å²) in [5.74, 6) is -1.63. The van der Waals surface area contributed by atoms with Gasteiger partial charge in [-0.3, -0.25) is 4.79 Å². The van der Waals surface area contributed by atoms with E-state index in [-0.39, 0.29) is 11.1 Å². The van der Waals surface area contributed by atoms with Gasteiger partial charge in [-0.1, -0.05) is 0 Å². The van der Waals surface area contributed by atoms with Crippen molar-refractivity contribution in [2.45, 2.75) is 0 Å². The van der Waals surface area contributed by atoms with E-state index in [1.807, 2.05) is 0 Å². The van der Waals surface area contributed by atoms with E-state index in [2.05, 4.69) is 4.74 Å². The lowest BCUT2D eigenvalue weighted by molar-refractivity contribution is -0.135. The Labute approximate surface area is 107 Å². The van der Waals surface area contributed by atoms with E-state index in [0.717, 1.165) is 7.11 Å². The average Bonchev–Trinajstić information content (AvgIpc) is 2.44. The molecule has 0 amide bonds. The molecule has 0 aliphatic carbocycles. The zero-order chi connectivity index (χ0) is 14.0. The van der Waals surface area contributed by atoms with Crippen LogP contribution in [0.5, 0.6) is 5.75 Å². The van der Waals surface area contributed by atoms with Gasteiger partial charge in [0.05, 0.1) is 14.2 Å². The summed E-state index contributed by atoms with van der Waals surface area (Å²) in [4.78, 5) is 34.4. The van der Waals surface area contributed by atoms with E-state index in [9.17, 15) is 14.4 Å². The van der Waals surface area contributed by atoms with E-state index in [0.29, 0.717) is 11.1 Å². The van der Waals surface area contributed by atoms with Crippen molar-refractivity contribution in [1.29, 1.82) is 0 Å². The highest BCUT2D eigenvalue weighted by atomic mass is 16.5. The van der Waals surface area contributed by atoms with Gasteiger partial charge in [-0.25, -0.2) is 9.59 Å². The molecule has 0 radical (unpaired) electrons. The van der Waals surface area contributed by atoms with Crippen LogP contribution in [0.3, 0.4) is 0 Å². The summed E-state index contributed by atoms with van der Waals surface area (Å²) < 4.78 is 14.3. The number of benzene rings is 1. The Morgan fingerprint density at radius 3 is 2.53 bits per heavy atom. The smallest absolute Gasteiger partial charge is 0.379 e. The lowest BCUT2D eigenvalue weighted by atomic mass is 10.1. The number of carbonyl (C=O) groups excluding carboxylic acids is 2. The van der Waals surface area contributed by atoms with Gasteiger partial charge >= 0.3 is 11.6 Å². The molecule has 98 valence electrons. The number of esters is 1. The number of rotatable bonds is 3. The predicted octanol–water partition coefficient (Wildman–Crippen LogP) is 1.16. The highest BCUT2D eigenvalue weighted by Gasteiger charge is 2.21. The van der Waals surface area contributed by atoms with Crippen molar-refractivity contribution in [2.24, 2.45) is 0 Å². The van der Waals surface area contributed by atoms with Crippen LogP contribution in [-0.4, -0.2) is 26.0 Å². The van der Waals surface area contributed by atoms with Crippen LogP contribution in [0.15, 0.2) is 33.5 Å². The van der Waals surface area contributed by atoms with E-state index in [4.69, 9.17) is 9.15 Å². The fourth-order valence-corrected chi connectivity index (χ4v) is 1.58. The standard InChI is InChI=1S/C13H10O6/c1-17-8-4-3-7-5-9(11(14)13(16)18-2)12(15)19-10(7)6-8/h3-6H,1-2H3. The molecular weight excluding hydrogens is 252 g/mol. The van der Waals surface area contributed by atoms with Crippen LogP contribution in [0.25, 0.3) is 11.0 Å². The largest absolute Gasteiger partial charge is 0.497 e. The van der Waals surface area contributed by atoms with Crippen molar-refractivity contribution in [3.63, 3.8) is 0 Å². The third kappa shape index (κ3) is 2.33. The van der Waals surface area contributed by atoms with Crippen molar-refractivity contribution in [2.75, 3.05) is 14.2 Å². The first kappa shape index (κ1) is 12.8. The second-order valence-electron chi connectivity index (χ2n) is 3.67. The van der Waals surface area contributed by atoms with Gasteiger partial charge < -0.3 is 13.9 Å². The third-order valence-corrected chi connectivity index (χ3v) is 2.56. The minimum atomic E-state index is -1.11. The number of hydrogen-bond donors (Lipinski definition) is 0. The summed E-state index contributed by atoms with van der Waals surface area (Å²) in [5, 5.41) is 0.507. The average molecular weight is 262 g/mol. The number of methoxy groups -OCH3 is 2. The number of carbonyl (C=O) groups is 2. The Kier molecular flexibility index (Phi) is 3.33. The Morgan fingerprint density at radius 2 is 1.89 bits per heavy atom. The Morgan fingerprint density at radius 1 is 1.16 bits per heavy atom. The van der Waals surface area contributed by atoms with Crippen LogP contribution in [0.4, 0.5) is 0 Å². The van der Waals surface area contributed by atoms with Gasteiger partial charge in [0, 0.05) is 11.5 Å². The molecule has 0 aliphatic rings. The molecule has 0 fully saturated rings. The Hall–Kier alpha value is -2.63. The normalized spacial score (nSPS) is 10.2. The fraction of sp³-hybridized carbons (Fsp3) is 0.154. The molecule has 19 heavy (non-hydrogen) atoms. The molecule has 2 rings (SSSR count). The zero-order valence-electron chi connectivity index (χ0n) is 10.3. The fourth-order valence-electron chi connectivity index (χ4n) is 1.58. The number of ketones is 1. The molecule has 6 heteroatoms. The number of hydrogen-bond acceptors (Lipinski definition) is 6. The Balaban J connectivity index is 2.60. The number of Topliss-reactive ketones (excluding diaryl/α,β-unsaturated/α-hetero) is 1. The molecule has 0 bridgehead atoms. The van der Waals surface area contributed by atoms with Crippen molar-refractivity contribution in [3.8, 4) is 5.75 Å². The summed E-state index contributed by atoms with van der Waals surface area (Å²) in [6, 6.07) is 6.07. The van der Waals surface area contributed by atoms with E-state index in [1.54, 1.807) is 12.1 Å². The van der Waals surface area contributed by atoms with Crippen LogP contribution in [0.1, 0.15) is 10.4 Å². The molecule has 0 saturated heterocycles. The van der Waals surface area contributed by atoms with Gasteiger partial charge in [-0.05, 0) is 18.2 Å². The Bertz CT molecular complexity index is 713. The molecular formula is C13H10O6. The molecule has 0 spiro atoms. The van der Waals surface area contributed by atoms with Gasteiger partial charge in [0.1, 0.15) is 16.9 Å². The minimum absolute atomic E-state index is 0.269. The summed E-state index contributed by atoms with van der Waals surface area (Å²) in [6.45, 7) is 0. The van der Waals surface area contributed by atoms with Gasteiger partial charge in [0.2, 0.25) is 0 Å². The number of ether oxygens (including phenoxy) is 2. The maximum atomic E-state index is 11.7. The molecule has 0 atom stereocenters. The molecule has 0 saturated carbocycles. The third-order valence-electron chi connectivity index (χ3n) is 2.56. The van der Waals surface area contributed by atoms with Crippen molar-refractivity contribution >= 4 is 22.7 Å². The molecule has 1 heterocycles. The molecule has 1 aromatic carbocycles. The maximum Gasteiger partial charge on any atom is 0.379 e. The molecule has 0 aliphatic heterocycles. The minimum Gasteiger partial charge on any atom is -0.497 e. The highest BCUT2D eigenvalue weighted by molar-refractivity contribution is 6.40. The van der Waals surface area contributed by atoms with Crippen LogP contribution in [0, 0.1) is 0 Å². The zero-order valence-corrected chi connectivity index (χ0v) is 10.3. The number of fused-ring (bicyclic) bond motifs is 1. The topological polar surface area (TPSA) is 82.8 Å². The molecule has 0 N–H and O–H groups in total. The second kappa shape index (κ2) is 4.93. The molecule has 6 nitrogen and oxygen atoms in total. The van der Waals surface area contributed by atoms with Gasteiger partial charge in [0.25, 0.3) is 5.78 Å². The quantitative estimate of drug-likeness (QED) is 0.357. The van der Waals surface area contributed by atoms with Crippen molar-refractivity contribution in [3.05, 3.63) is 40.2 Å². The maximum absolute atomic E-state index is 11.7. The lowest BCUT2D eigenvalue weighted by Crippen LogP contribution is -2.22.